The first-order valence-corrected chi connectivity index (χ1v) is 8.68. The van der Waals surface area contributed by atoms with Gasteiger partial charge in [0.15, 0.2) is 0 Å². The number of allylic oxidation sites excluding steroid dienone is 2. The Bertz CT molecular complexity index is 604. The maximum atomic E-state index is 12.3. The summed E-state index contributed by atoms with van der Waals surface area (Å²) in [6.07, 6.45) is 9.08. The average Bonchev–Trinajstić information content (AvgIpc) is 2.79. The van der Waals surface area contributed by atoms with Gasteiger partial charge in [-0.05, 0) is 61.3 Å². The van der Waals surface area contributed by atoms with Crippen molar-refractivity contribution in [3.63, 3.8) is 0 Å². The fraction of sp³-hybridized carbons (Fsp3) is 0.737. The molecule has 0 heterocycles. The number of carbonyl (C=O) groups is 3. The van der Waals surface area contributed by atoms with E-state index in [-0.39, 0.29) is 28.3 Å². The molecule has 0 bridgehead atoms. The van der Waals surface area contributed by atoms with Crippen LogP contribution in [0.4, 0.5) is 0 Å². The summed E-state index contributed by atoms with van der Waals surface area (Å²) in [4.78, 5) is 36.4. The number of Topliss-reactive ketones (excluding diaryl/α,β-unsaturated/α-hetero) is 2. The summed E-state index contributed by atoms with van der Waals surface area (Å²) in [7, 11) is 0. The molecule has 0 aromatic carbocycles. The molecule has 1 unspecified atom stereocenters. The Morgan fingerprint density at radius 1 is 1.00 bits per heavy atom. The molecular weight excluding hydrogens is 276 g/mol. The van der Waals surface area contributed by atoms with Crippen LogP contribution >= 0.6 is 0 Å². The summed E-state index contributed by atoms with van der Waals surface area (Å²) in [6.45, 7) is 4.35. The molecular formula is C19H24O3. The molecule has 0 N–H and O–H groups in total. The van der Waals surface area contributed by atoms with E-state index >= 15 is 0 Å². The van der Waals surface area contributed by atoms with Gasteiger partial charge in [-0.25, -0.2) is 0 Å². The van der Waals surface area contributed by atoms with Crippen molar-refractivity contribution in [1.29, 1.82) is 0 Å². The third-order valence-corrected chi connectivity index (χ3v) is 7.64. The minimum atomic E-state index is -0.322. The molecule has 3 heteroatoms. The molecule has 6 atom stereocenters. The standard InChI is InChI=1S/C19H24O3/c1-18-10-8-15(20)17(22)14(18)4-3-11-12-5-6-16(21)19(12,2)9-7-13(11)18/h8,10-14H,3-7,9H2,1-2H3/t11-,12-,13-,14?,18+,19-/m0/s1. The SMILES string of the molecule is C[C@]12C=CC(=O)C(=O)C1CC[C@@H]1[C@@H]2CC[C@]2(C)C(=O)CC[C@@H]12. The Morgan fingerprint density at radius 3 is 2.55 bits per heavy atom. The summed E-state index contributed by atoms with van der Waals surface area (Å²) in [6, 6.07) is 0. The summed E-state index contributed by atoms with van der Waals surface area (Å²) >= 11 is 0. The second-order valence-corrected chi connectivity index (χ2v) is 8.35. The molecule has 22 heavy (non-hydrogen) atoms. The summed E-state index contributed by atoms with van der Waals surface area (Å²) in [5.74, 6) is 1.29. The predicted molar refractivity (Wildman–Crippen MR) is 82.0 cm³/mol. The van der Waals surface area contributed by atoms with Crippen molar-refractivity contribution < 1.29 is 14.4 Å². The molecule has 3 nitrogen and oxygen atoms in total. The van der Waals surface area contributed by atoms with Crippen LogP contribution in [0.2, 0.25) is 0 Å². The first-order valence-electron chi connectivity index (χ1n) is 8.68. The van der Waals surface area contributed by atoms with Crippen molar-refractivity contribution in [2.45, 2.75) is 52.4 Å². The lowest BCUT2D eigenvalue weighted by Gasteiger charge is -2.57. The highest BCUT2D eigenvalue weighted by Gasteiger charge is 2.60. The lowest BCUT2D eigenvalue weighted by molar-refractivity contribution is -0.148. The smallest absolute Gasteiger partial charge is 0.221 e. The lowest BCUT2D eigenvalue weighted by atomic mass is 9.46. The topological polar surface area (TPSA) is 51.2 Å². The van der Waals surface area contributed by atoms with Crippen molar-refractivity contribution in [1.82, 2.24) is 0 Å². The molecule has 0 amide bonds. The number of carbonyl (C=O) groups excluding carboxylic acids is 3. The van der Waals surface area contributed by atoms with Gasteiger partial charge in [-0.2, -0.15) is 0 Å². The third kappa shape index (κ3) is 1.60. The molecule has 0 radical (unpaired) electrons. The molecule has 0 aromatic rings. The van der Waals surface area contributed by atoms with E-state index in [4.69, 9.17) is 0 Å². The average molecular weight is 300 g/mol. The van der Waals surface area contributed by atoms with Crippen LogP contribution in [0.15, 0.2) is 12.2 Å². The Labute approximate surface area is 131 Å². The minimum absolute atomic E-state index is 0.122. The zero-order valence-electron chi connectivity index (χ0n) is 13.4. The van der Waals surface area contributed by atoms with E-state index in [2.05, 4.69) is 13.8 Å². The van der Waals surface area contributed by atoms with Gasteiger partial charge in [0.2, 0.25) is 11.6 Å². The molecule has 0 saturated heterocycles. The third-order valence-electron chi connectivity index (χ3n) is 7.64. The molecule has 4 aliphatic rings. The van der Waals surface area contributed by atoms with Crippen LogP contribution in [0.25, 0.3) is 0 Å². The van der Waals surface area contributed by atoms with Gasteiger partial charge in [-0.15, -0.1) is 0 Å². The van der Waals surface area contributed by atoms with Crippen LogP contribution in [0.5, 0.6) is 0 Å². The van der Waals surface area contributed by atoms with E-state index < -0.39 is 0 Å². The Morgan fingerprint density at radius 2 is 1.77 bits per heavy atom. The van der Waals surface area contributed by atoms with Gasteiger partial charge in [0.25, 0.3) is 0 Å². The molecule has 118 valence electrons. The van der Waals surface area contributed by atoms with Crippen LogP contribution in [0.1, 0.15) is 52.4 Å². The number of ketones is 3. The second kappa shape index (κ2) is 4.39. The maximum Gasteiger partial charge on any atom is 0.221 e. The van der Waals surface area contributed by atoms with Crippen molar-refractivity contribution >= 4 is 17.3 Å². The van der Waals surface area contributed by atoms with Crippen LogP contribution in [-0.2, 0) is 14.4 Å². The number of fused-ring (bicyclic) bond motifs is 5. The summed E-state index contributed by atoms with van der Waals surface area (Å²) in [5.41, 5.74) is -0.302. The van der Waals surface area contributed by atoms with Gasteiger partial charge in [-0.1, -0.05) is 19.9 Å². The first-order chi connectivity index (χ1) is 10.4. The van der Waals surface area contributed by atoms with E-state index in [1.165, 1.54) is 6.08 Å². The number of rotatable bonds is 0. The van der Waals surface area contributed by atoms with E-state index in [1.807, 2.05) is 6.08 Å². The van der Waals surface area contributed by atoms with Gasteiger partial charge < -0.3 is 0 Å². The maximum absolute atomic E-state index is 12.3. The van der Waals surface area contributed by atoms with Crippen molar-refractivity contribution in [3.05, 3.63) is 12.2 Å². The fourth-order valence-corrected chi connectivity index (χ4v) is 6.32. The first kappa shape index (κ1) is 14.3. The molecule has 4 aliphatic carbocycles. The van der Waals surface area contributed by atoms with Crippen molar-refractivity contribution in [2.75, 3.05) is 0 Å². The second-order valence-electron chi connectivity index (χ2n) is 8.35. The molecule has 4 rings (SSSR count). The Hall–Kier alpha value is -1.25. The van der Waals surface area contributed by atoms with E-state index in [0.29, 0.717) is 23.5 Å². The Kier molecular flexibility index (Phi) is 2.87. The van der Waals surface area contributed by atoms with Gasteiger partial charge in [0, 0.05) is 17.8 Å². The van der Waals surface area contributed by atoms with E-state index in [1.54, 1.807) is 0 Å². The molecule has 3 saturated carbocycles. The van der Waals surface area contributed by atoms with Gasteiger partial charge in [0.05, 0.1) is 0 Å². The minimum Gasteiger partial charge on any atom is -0.299 e. The Balaban J connectivity index is 1.72. The van der Waals surface area contributed by atoms with Crippen molar-refractivity contribution in [2.24, 2.45) is 34.5 Å². The van der Waals surface area contributed by atoms with E-state index in [0.717, 1.165) is 38.5 Å². The lowest BCUT2D eigenvalue weighted by Crippen LogP contribution is -2.54. The quantitative estimate of drug-likeness (QED) is 0.646. The van der Waals surface area contributed by atoms with Crippen molar-refractivity contribution in [3.8, 4) is 0 Å². The predicted octanol–water partition coefficient (Wildman–Crippen LogP) is 3.12. The van der Waals surface area contributed by atoms with Gasteiger partial charge in [0.1, 0.15) is 5.78 Å². The largest absolute Gasteiger partial charge is 0.299 e. The zero-order chi connectivity index (χ0) is 15.7. The molecule has 3 fully saturated rings. The molecule has 0 spiro atoms. The van der Waals surface area contributed by atoms with Gasteiger partial charge >= 0.3 is 0 Å². The highest BCUT2D eigenvalue weighted by molar-refractivity contribution is 6.43. The monoisotopic (exact) mass is 300 g/mol. The highest BCUT2D eigenvalue weighted by Crippen LogP contribution is 2.63. The fourth-order valence-electron chi connectivity index (χ4n) is 6.32. The number of hydrogen-bond acceptors (Lipinski definition) is 3. The van der Waals surface area contributed by atoms with Crippen LogP contribution in [0, 0.1) is 34.5 Å². The van der Waals surface area contributed by atoms with E-state index in [9.17, 15) is 14.4 Å². The summed E-state index contributed by atoms with van der Waals surface area (Å²) < 4.78 is 0. The van der Waals surface area contributed by atoms with Crippen LogP contribution < -0.4 is 0 Å². The zero-order valence-corrected chi connectivity index (χ0v) is 13.4. The summed E-state index contributed by atoms with van der Waals surface area (Å²) in [5, 5.41) is 0. The normalized spacial score (nSPS) is 50.5. The molecule has 0 aliphatic heterocycles. The highest BCUT2D eigenvalue weighted by atomic mass is 16.2. The molecule has 0 aromatic heterocycles. The number of hydrogen-bond donors (Lipinski definition) is 0. The van der Waals surface area contributed by atoms with Gasteiger partial charge in [-0.3, -0.25) is 14.4 Å². The van der Waals surface area contributed by atoms with Crippen LogP contribution in [0.3, 0.4) is 0 Å². The van der Waals surface area contributed by atoms with Crippen LogP contribution in [-0.4, -0.2) is 17.3 Å².